The molecule has 6 nitrogen and oxygen atoms in total. The number of nitro groups is 1. The van der Waals surface area contributed by atoms with Crippen molar-refractivity contribution in [3.8, 4) is 0 Å². The van der Waals surface area contributed by atoms with Crippen molar-refractivity contribution in [2.24, 2.45) is 5.92 Å². The molecule has 2 aromatic carbocycles. The molecule has 1 atom stereocenters. The van der Waals surface area contributed by atoms with Crippen LogP contribution in [0.2, 0.25) is 0 Å². The van der Waals surface area contributed by atoms with Crippen molar-refractivity contribution in [2.75, 3.05) is 5.32 Å². The van der Waals surface area contributed by atoms with Gasteiger partial charge in [0.1, 0.15) is 0 Å². The number of amides is 1. The second kappa shape index (κ2) is 8.06. The topological polar surface area (TPSA) is 85.1 Å². The minimum Gasteiger partial charge on any atom is -0.325 e. The number of para-hydroxylation sites is 1. The van der Waals surface area contributed by atoms with Gasteiger partial charge in [0, 0.05) is 17.8 Å². The smallest absolute Gasteiger partial charge is 0.269 e. The third kappa shape index (κ3) is 4.45. The summed E-state index contributed by atoms with van der Waals surface area (Å²) in [5.41, 5.74) is 2.18. The molecule has 0 aliphatic rings. The molecule has 1 unspecified atom stereocenters. The number of carbonyl (C=O) groups excluding carboxylic acids is 1. The standard InChI is InChI=1S/C19H19N3O3S2/c1-11(2)17(27-19-21-15-6-4-5-7-16(15)26-19)18(23)20-14-9-8-13(22(24)25)10-12(14)3/h4-11,17H,1-3H3,(H,20,23). The number of nitrogens with one attached hydrogen (secondary N) is 1. The molecule has 8 heteroatoms. The molecule has 0 bridgehead atoms. The van der Waals surface area contributed by atoms with Gasteiger partial charge in [-0.05, 0) is 36.6 Å². The number of hydrogen-bond donors (Lipinski definition) is 1. The monoisotopic (exact) mass is 401 g/mol. The summed E-state index contributed by atoms with van der Waals surface area (Å²) in [5, 5.41) is 13.5. The van der Waals surface area contributed by atoms with Crippen LogP contribution in [0, 0.1) is 23.0 Å². The van der Waals surface area contributed by atoms with Crippen LogP contribution >= 0.6 is 23.1 Å². The van der Waals surface area contributed by atoms with Gasteiger partial charge < -0.3 is 5.32 Å². The zero-order valence-electron chi connectivity index (χ0n) is 15.1. The molecule has 27 heavy (non-hydrogen) atoms. The fourth-order valence-electron chi connectivity index (χ4n) is 2.61. The van der Waals surface area contributed by atoms with E-state index in [0.29, 0.717) is 11.3 Å². The first-order valence-corrected chi connectivity index (χ1v) is 10.1. The molecule has 0 aliphatic carbocycles. The van der Waals surface area contributed by atoms with Crippen LogP contribution in [-0.4, -0.2) is 21.1 Å². The molecule has 0 radical (unpaired) electrons. The first kappa shape index (κ1) is 19.3. The van der Waals surface area contributed by atoms with E-state index in [1.807, 2.05) is 38.1 Å². The predicted molar refractivity (Wildman–Crippen MR) is 111 cm³/mol. The van der Waals surface area contributed by atoms with Crippen LogP contribution in [-0.2, 0) is 4.79 Å². The second-order valence-electron chi connectivity index (χ2n) is 6.48. The van der Waals surface area contributed by atoms with E-state index in [1.165, 1.54) is 23.9 Å². The Morgan fingerprint density at radius 1 is 1.26 bits per heavy atom. The molecule has 0 saturated carbocycles. The number of non-ortho nitro benzene ring substituents is 1. The number of thioether (sulfide) groups is 1. The van der Waals surface area contributed by atoms with E-state index in [9.17, 15) is 14.9 Å². The average molecular weight is 402 g/mol. The quantitative estimate of drug-likeness (QED) is 0.345. The van der Waals surface area contributed by atoms with Gasteiger partial charge in [0.15, 0.2) is 4.34 Å². The van der Waals surface area contributed by atoms with E-state index in [0.717, 1.165) is 14.6 Å². The van der Waals surface area contributed by atoms with E-state index in [1.54, 1.807) is 24.3 Å². The maximum atomic E-state index is 12.9. The fourth-order valence-corrected chi connectivity index (χ4v) is 4.88. The van der Waals surface area contributed by atoms with Gasteiger partial charge in [-0.25, -0.2) is 4.98 Å². The molecule has 3 aromatic rings. The summed E-state index contributed by atoms with van der Waals surface area (Å²) in [5.74, 6) is -0.0356. The first-order chi connectivity index (χ1) is 12.8. The lowest BCUT2D eigenvalue weighted by atomic mass is 10.1. The van der Waals surface area contributed by atoms with Gasteiger partial charge in [-0.1, -0.05) is 37.7 Å². The predicted octanol–water partition coefficient (Wildman–Crippen LogP) is 5.27. The Morgan fingerprint density at radius 3 is 2.63 bits per heavy atom. The molecule has 0 aliphatic heterocycles. The van der Waals surface area contributed by atoms with Gasteiger partial charge in [0.2, 0.25) is 5.91 Å². The van der Waals surface area contributed by atoms with E-state index in [4.69, 9.17) is 0 Å². The van der Waals surface area contributed by atoms with Gasteiger partial charge in [0.25, 0.3) is 5.69 Å². The summed E-state index contributed by atoms with van der Waals surface area (Å²) < 4.78 is 1.94. The van der Waals surface area contributed by atoms with Crippen LogP contribution in [0.5, 0.6) is 0 Å². The fraction of sp³-hybridized carbons (Fsp3) is 0.263. The zero-order valence-corrected chi connectivity index (χ0v) is 16.8. The molecule has 0 saturated heterocycles. The maximum absolute atomic E-state index is 12.9. The minimum atomic E-state index is -0.446. The van der Waals surface area contributed by atoms with Crippen LogP contribution in [0.25, 0.3) is 10.2 Å². The molecule has 1 heterocycles. The van der Waals surface area contributed by atoms with Crippen molar-refractivity contribution in [3.05, 3.63) is 58.1 Å². The molecule has 140 valence electrons. The zero-order chi connectivity index (χ0) is 19.6. The van der Waals surface area contributed by atoms with E-state index < -0.39 is 4.92 Å². The molecule has 0 spiro atoms. The largest absolute Gasteiger partial charge is 0.325 e. The summed E-state index contributed by atoms with van der Waals surface area (Å²) in [6, 6.07) is 12.3. The molecular formula is C19H19N3O3S2. The summed E-state index contributed by atoms with van der Waals surface area (Å²) in [6.07, 6.45) is 0. The lowest BCUT2D eigenvalue weighted by Gasteiger charge is -2.19. The highest BCUT2D eigenvalue weighted by Crippen LogP contribution is 2.35. The Bertz CT molecular complexity index is 968. The summed E-state index contributed by atoms with van der Waals surface area (Å²) in [4.78, 5) is 27.9. The van der Waals surface area contributed by atoms with Crippen LogP contribution in [0.1, 0.15) is 19.4 Å². The number of nitrogens with zero attached hydrogens (tertiary/aromatic N) is 2. The Hall–Kier alpha value is -2.45. The number of benzene rings is 2. The number of hydrogen-bond acceptors (Lipinski definition) is 6. The van der Waals surface area contributed by atoms with E-state index in [-0.39, 0.29) is 22.8 Å². The van der Waals surface area contributed by atoms with Crippen molar-refractivity contribution in [3.63, 3.8) is 0 Å². The molecule has 1 amide bonds. The Balaban J connectivity index is 1.78. The van der Waals surface area contributed by atoms with Crippen molar-refractivity contribution >= 4 is 50.6 Å². The Labute approximate surface area is 165 Å². The Kier molecular flexibility index (Phi) is 5.76. The van der Waals surface area contributed by atoms with Gasteiger partial charge in [-0.3, -0.25) is 14.9 Å². The van der Waals surface area contributed by atoms with Crippen molar-refractivity contribution in [1.82, 2.24) is 4.98 Å². The molecular weight excluding hydrogens is 382 g/mol. The minimum absolute atomic E-state index is 0.00904. The van der Waals surface area contributed by atoms with Gasteiger partial charge in [0.05, 0.1) is 20.4 Å². The number of aromatic nitrogens is 1. The van der Waals surface area contributed by atoms with Crippen LogP contribution in [0.15, 0.2) is 46.8 Å². The number of anilines is 1. The number of thiazole rings is 1. The van der Waals surface area contributed by atoms with E-state index in [2.05, 4.69) is 10.3 Å². The van der Waals surface area contributed by atoms with Gasteiger partial charge in [-0.2, -0.15) is 0 Å². The molecule has 1 N–H and O–H groups in total. The second-order valence-corrected chi connectivity index (χ2v) is 8.89. The molecule has 1 aromatic heterocycles. The summed E-state index contributed by atoms with van der Waals surface area (Å²) >= 11 is 3.02. The normalized spacial score (nSPS) is 12.3. The lowest BCUT2D eigenvalue weighted by molar-refractivity contribution is -0.384. The van der Waals surface area contributed by atoms with Crippen molar-refractivity contribution in [2.45, 2.75) is 30.4 Å². The van der Waals surface area contributed by atoms with Crippen LogP contribution in [0.3, 0.4) is 0 Å². The average Bonchev–Trinajstić information content (AvgIpc) is 3.03. The summed E-state index contributed by atoms with van der Waals surface area (Å²) in [6.45, 7) is 5.73. The van der Waals surface area contributed by atoms with Gasteiger partial charge in [-0.15, -0.1) is 11.3 Å². The first-order valence-electron chi connectivity index (χ1n) is 8.43. The number of rotatable bonds is 6. The van der Waals surface area contributed by atoms with Crippen LogP contribution < -0.4 is 5.32 Å². The SMILES string of the molecule is Cc1cc([N+](=O)[O-])ccc1NC(=O)C(Sc1nc2ccccc2s1)C(C)C. The molecule has 3 rings (SSSR count). The number of aryl methyl sites for hydroxylation is 1. The third-order valence-electron chi connectivity index (χ3n) is 4.04. The number of carbonyl (C=O) groups is 1. The lowest BCUT2D eigenvalue weighted by Crippen LogP contribution is -2.29. The number of nitro benzene ring substituents is 1. The van der Waals surface area contributed by atoms with Gasteiger partial charge >= 0.3 is 0 Å². The molecule has 0 fully saturated rings. The van der Waals surface area contributed by atoms with Crippen LogP contribution in [0.4, 0.5) is 11.4 Å². The highest BCUT2D eigenvalue weighted by molar-refractivity contribution is 8.02. The number of fused-ring (bicyclic) bond motifs is 1. The maximum Gasteiger partial charge on any atom is 0.269 e. The van der Waals surface area contributed by atoms with Crippen molar-refractivity contribution in [1.29, 1.82) is 0 Å². The van der Waals surface area contributed by atoms with Crippen molar-refractivity contribution < 1.29 is 9.72 Å². The summed E-state index contributed by atoms with van der Waals surface area (Å²) in [7, 11) is 0. The Morgan fingerprint density at radius 2 is 2.00 bits per heavy atom. The highest BCUT2D eigenvalue weighted by Gasteiger charge is 2.26. The van der Waals surface area contributed by atoms with E-state index >= 15 is 0 Å². The highest BCUT2D eigenvalue weighted by atomic mass is 32.2. The third-order valence-corrected chi connectivity index (χ3v) is 6.72.